The first-order valence-corrected chi connectivity index (χ1v) is 11.8. The number of nitrogens with zero attached hydrogens (tertiary/aromatic N) is 1. The van der Waals surface area contributed by atoms with Crippen LogP contribution in [0.3, 0.4) is 0 Å². The standard InChI is InChI=1S/C25H34N2O2S/c1-3-29-20(2)30-27(19-23-13-14-23)16-15-24(17-21-9-5-4-6-10-21)26-25(28)18-22-11-7-8-12-22/h3-7,9-11,22-24H,1-2,8,12-19H2,(H,26,28). The average molecular weight is 427 g/mol. The molecule has 2 aliphatic carbocycles. The zero-order chi connectivity index (χ0) is 21.2. The Bertz CT molecular complexity index is 730. The van der Waals surface area contributed by atoms with Gasteiger partial charge in [0.25, 0.3) is 0 Å². The SMILES string of the molecule is C=COC(=C)SN(CCC(Cc1ccccc1)NC(=O)CC1C=CCC1)CC1CC1. The van der Waals surface area contributed by atoms with Gasteiger partial charge in [-0.3, -0.25) is 4.79 Å². The van der Waals surface area contributed by atoms with E-state index >= 15 is 0 Å². The normalized spacial score (nSPS) is 18.9. The number of allylic oxidation sites excluding steroid dienone is 2. The Morgan fingerprint density at radius 2 is 2.10 bits per heavy atom. The Morgan fingerprint density at radius 3 is 2.77 bits per heavy atom. The fraction of sp³-hybridized carbons (Fsp3) is 0.480. The molecule has 2 aliphatic rings. The van der Waals surface area contributed by atoms with Crippen molar-refractivity contribution in [3.63, 3.8) is 0 Å². The molecule has 162 valence electrons. The zero-order valence-corrected chi connectivity index (χ0v) is 18.6. The highest BCUT2D eigenvalue weighted by atomic mass is 32.2. The van der Waals surface area contributed by atoms with E-state index in [1.54, 1.807) is 11.9 Å². The van der Waals surface area contributed by atoms with E-state index in [0.29, 0.717) is 17.4 Å². The smallest absolute Gasteiger partial charge is 0.220 e. The lowest BCUT2D eigenvalue weighted by Gasteiger charge is -2.25. The molecule has 2 unspecified atom stereocenters. The van der Waals surface area contributed by atoms with Crippen molar-refractivity contribution in [2.24, 2.45) is 11.8 Å². The monoisotopic (exact) mass is 426 g/mol. The van der Waals surface area contributed by atoms with Crippen molar-refractivity contribution >= 4 is 17.9 Å². The summed E-state index contributed by atoms with van der Waals surface area (Å²) >= 11 is 1.55. The molecule has 3 rings (SSSR count). The van der Waals surface area contributed by atoms with Crippen LogP contribution >= 0.6 is 11.9 Å². The van der Waals surface area contributed by atoms with Crippen LogP contribution in [0.15, 0.2) is 67.0 Å². The molecule has 0 heterocycles. The van der Waals surface area contributed by atoms with E-state index in [9.17, 15) is 4.79 Å². The summed E-state index contributed by atoms with van der Waals surface area (Å²) < 4.78 is 7.66. The number of ether oxygens (including phenoxy) is 1. The summed E-state index contributed by atoms with van der Waals surface area (Å²) in [5.41, 5.74) is 1.25. The quantitative estimate of drug-likeness (QED) is 0.244. The van der Waals surface area contributed by atoms with Gasteiger partial charge in [0.05, 0.1) is 6.26 Å². The van der Waals surface area contributed by atoms with Crippen molar-refractivity contribution in [3.05, 3.63) is 72.6 Å². The third-order valence-electron chi connectivity index (χ3n) is 5.58. The maximum atomic E-state index is 12.7. The van der Waals surface area contributed by atoms with Gasteiger partial charge >= 0.3 is 0 Å². The predicted molar refractivity (Wildman–Crippen MR) is 125 cm³/mol. The van der Waals surface area contributed by atoms with Crippen LogP contribution in [0.2, 0.25) is 0 Å². The highest BCUT2D eigenvalue weighted by molar-refractivity contribution is 8.00. The number of carbonyl (C=O) groups is 1. The highest BCUT2D eigenvalue weighted by Gasteiger charge is 2.26. The summed E-state index contributed by atoms with van der Waals surface area (Å²) in [7, 11) is 0. The summed E-state index contributed by atoms with van der Waals surface area (Å²) in [5.74, 6) is 1.32. The maximum absolute atomic E-state index is 12.7. The van der Waals surface area contributed by atoms with Crippen LogP contribution < -0.4 is 5.32 Å². The molecule has 1 aromatic rings. The lowest BCUT2D eigenvalue weighted by atomic mass is 10.0. The second-order valence-electron chi connectivity index (χ2n) is 8.29. The van der Waals surface area contributed by atoms with E-state index in [1.165, 1.54) is 24.7 Å². The number of nitrogens with one attached hydrogen (secondary N) is 1. The van der Waals surface area contributed by atoms with Gasteiger partial charge in [-0.25, -0.2) is 4.31 Å². The number of hydrogen-bond donors (Lipinski definition) is 1. The molecular formula is C25H34N2O2S. The van der Waals surface area contributed by atoms with Crippen molar-refractivity contribution in [1.82, 2.24) is 9.62 Å². The summed E-state index contributed by atoms with van der Waals surface area (Å²) in [6.45, 7) is 9.48. The number of benzene rings is 1. The molecule has 4 nitrogen and oxygen atoms in total. The van der Waals surface area contributed by atoms with Gasteiger partial charge in [-0.05, 0) is 74.5 Å². The van der Waals surface area contributed by atoms with Crippen molar-refractivity contribution in [2.75, 3.05) is 13.1 Å². The second kappa shape index (κ2) is 12.0. The molecule has 5 heteroatoms. The van der Waals surface area contributed by atoms with Crippen LogP contribution in [0.5, 0.6) is 0 Å². The molecule has 0 spiro atoms. The first-order chi connectivity index (χ1) is 14.6. The van der Waals surface area contributed by atoms with E-state index in [1.807, 2.05) is 6.07 Å². The van der Waals surface area contributed by atoms with E-state index in [0.717, 1.165) is 44.7 Å². The van der Waals surface area contributed by atoms with Crippen LogP contribution in [0.25, 0.3) is 0 Å². The van der Waals surface area contributed by atoms with E-state index in [2.05, 4.69) is 59.2 Å². The van der Waals surface area contributed by atoms with Crippen molar-refractivity contribution in [2.45, 2.75) is 51.0 Å². The van der Waals surface area contributed by atoms with Gasteiger partial charge < -0.3 is 10.1 Å². The molecule has 0 radical (unpaired) electrons. The summed E-state index contributed by atoms with van der Waals surface area (Å²) in [4.78, 5) is 12.7. The first-order valence-electron chi connectivity index (χ1n) is 11.0. The maximum Gasteiger partial charge on any atom is 0.220 e. The van der Waals surface area contributed by atoms with Crippen LogP contribution in [0.1, 0.15) is 44.1 Å². The molecule has 0 bridgehead atoms. The van der Waals surface area contributed by atoms with Crippen molar-refractivity contribution < 1.29 is 9.53 Å². The predicted octanol–water partition coefficient (Wildman–Crippen LogP) is 5.45. The Morgan fingerprint density at radius 1 is 1.30 bits per heavy atom. The third kappa shape index (κ3) is 8.41. The average Bonchev–Trinajstić information content (AvgIpc) is 3.39. The minimum Gasteiger partial charge on any atom is -0.458 e. The van der Waals surface area contributed by atoms with Gasteiger partial charge in [0.15, 0.2) is 5.09 Å². The van der Waals surface area contributed by atoms with Gasteiger partial charge in [-0.15, -0.1) is 0 Å². The lowest BCUT2D eigenvalue weighted by molar-refractivity contribution is -0.122. The topological polar surface area (TPSA) is 41.6 Å². The summed E-state index contributed by atoms with van der Waals surface area (Å²) in [6.07, 6.45) is 12.9. The molecule has 2 atom stereocenters. The highest BCUT2D eigenvalue weighted by Crippen LogP contribution is 2.33. The molecule has 1 amide bonds. The van der Waals surface area contributed by atoms with Crippen LogP contribution in [-0.2, 0) is 16.0 Å². The Balaban J connectivity index is 1.57. The molecule has 0 aromatic heterocycles. The number of rotatable bonds is 14. The molecule has 1 fully saturated rings. The zero-order valence-electron chi connectivity index (χ0n) is 17.8. The van der Waals surface area contributed by atoms with Gasteiger partial charge in [-0.1, -0.05) is 49.1 Å². The Hall–Kier alpha value is -1.98. The van der Waals surface area contributed by atoms with Crippen molar-refractivity contribution in [1.29, 1.82) is 0 Å². The molecule has 30 heavy (non-hydrogen) atoms. The number of amides is 1. The van der Waals surface area contributed by atoms with Gasteiger partial charge in [0.1, 0.15) is 0 Å². The van der Waals surface area contributed by atoms with E-state index in [-0.39, 0.29) is 11.9 Å². The van der Waals surface area contributed by atoms with E-state index in [4.69, 9.17) is 4.74 Å². The molecule has 1 N–H and O–H groups in total. The van der Waals surface area contributed by atoms with Crippen LogP contribution in [0, 0.1) is 11.8 Å². The summed E-state index contributed by atoms with van der Waals surface area (Å²) in [6, 6.07) is 10.5. The minimum absolute atomic E-state index is 0.112. The van der Waals surface area contributed by atoms with Gasteiger partial charge in [0.2, 0.25) is 5.91 Å². The third-order valence-corrected chi connectivity index (χ3v) is 6.47. The largest absolute Gasteiger partial charge is 0.458 e. The second-order valence-corrected chi connectivity index (χ2v) is 9.45. The fourth-order valence-electron chi connectivity index (χ4n) is 3.83. The first kappa shape index (κ1) is 22.7. The molecule has 0 saturated heterocycles. The van der Waals surface area contributed by atoms with Crippen LogP contribution in [-0.4, -0.2) is 29.3 Å². The number of hydrogen-bond acceptors (Lipinski definition) is 4. The number of carbonyl (C=O) groups excluding carboxylic acids is 1. The molecule has 1 aromatic carbocycles. The molecule has 0 aliphatic heterocycles. The summed E-state index contributed by atoms with van der Waals surface area (Å²) in [5, 5.41) is 3.96. The van der Waals surface area contributed by atoms with E-state index < -0.39 is 0 Å². The molecular weight excluding hydrogens is 392 g/mol. The van der Waals surface area contributed by atoms with Gasteiger partial charge in [-0.2, -0.15) is 0 Å². The minimum atomic E-state index is 0.112. The van der Waals surface area contributed by atoms with Crippen LogP contribution in [0.4, 0.5) is 0 Å². The van der Waals surface area contributed by atoms with Gasteiger partial charge in [0, 0.05) is 25.6 Å². The van der Waals surface area contributed by atoms with Crippen molar-refractivity contribution in [3.8, 4) is 0 Å². The molecule has 1 saturated carbocycles. The Kier molecular flexibility index (Phi) is 9.09. The Labute approximate surface area is 185 Å². The lowest BCUT2D eigenvalue weighted by Crippen LogP contribution is -2.39. The fourth-order valence-corrected chi connectivity index (χ4v) is 4.72.